The summed E-state index contributed by atoms with van der Waals surface area (Å²) in [6.07, 6.45) is 0.794. The molecule has 0 aliphatic carbocycles. The third-order valence-electron chi connectivity index (χ3n) is 4.27. The standard InChI is InChI=1S/C23H23O2P.HI/c1-3-20-21(23(24)25-4-2)16-11-17-22(20)26(18-12-7-5-8-13-18)19-14-9-6-10-15-19;/h5-17H,3-4H2,1-2H3;1H. The highest BCUT2D eigenvalue weighted by molar-refractivity contribution is 14.0. The number of rotatable bonds is 6. The monoisotopic (exact) mass is 490 g/mol. The van der Waals surface area contributed by atoms with Crippen molar-refractivity contribution >= 4 is 53.8 Å². The summed E-state index contributed by atoms with van der Waals surface area (Å²) in [6.45, 7) is 4.33. The van der Waals surface area contributed by atoms with E-state index in [-0.39, 0.29) is 29.9 Å². The van der Waals surface area contributed by atoms with Crippen LogP contribution in [0.1, 0.15) is 29.8 Å². The maximum Gasteiger partial charge on any atom is 0.338 e. The minimum atomic E-state index is -0.731. The molecule has 2 nitrogen and oxygen atoms in total. The molecule has 3 aromatic rings. The second kappa shape index (κ2) is 10.6. The van der Waals surface area contributed by atoms with Gasteiger partial charge in [-0.3, -0.25) is 0 Å². The van der Waals surface area contributed by atoms with Gasteiger partial charge in [-0.25, -0.2) is 4.79 Å². The molecule has 0 saturated heterocycles. The lowest BCUT2D eigenvalue weighted by molar-refractivity contribution is 0.0525. The second-order valence-electron chi connectivity index (χ2n) is 5.88. The third kappa shape index (κ3) is 4.97. The highest BCUT2D eigenvalue weighted by Crippen LogP contribution is 2.35. The Morgan fingerprint density at radius 3 is 1.85 bits per heavy atom. The maximum absolute atomic E-state index is 12.5. The molecule has 0 heterocycles. The van der Waals surface area contributed by atoms with Crippen molar-refractivity contribution in [1.82, 2.24) is 0 Å². The molecule has 0 aliphatic rings. The number of esters is 1. The van der Waals surface area contributed by atoms with E-state index in [1.54, 1.807) is 0 Å². The van der Waals surface area contributed by atoms with E-state index in [9.17, 15) is 4.79 Å². The summed E-state index contributed by atoms with van der Waals surface area (Å²) in [7, 11) is -0.731. The Kier molecular flexibility index (Phi) is 8.46. The van der Waals surface area contributed by atoms with E-state index in [4.69, 9.17) is 4.74 Å². The first-order chi connectivity index (χ1) is 12.8. The van der Waals surface area contributed by atoms with Crippen molar-refractivity contribution in [2.75, 3.05) is 6.61 Å². The SMILES string of the molecule is CCOC(=O)c1cccc(P(c2ccccc2)c2ccccc2)c1CC.I. The molecule has 0 atom stereocenters. The Hall–Kier alpha value is -1.71. The number of carbonyl (C=O) groups excluding carboxylic acids is 1. The highest BCUT2D eigenvalue weighted by atomic mass is 127. The molecule has 4 heteroatoms. The van der Waals surface area contributed by atoms with Gasteiger partial charge in [0.15, 0.2) is 0 Å². The van der Waals surface area contributed by atoms with Gasteiger partial charge in [-0.1, -0.05) is 79.7 Å². The predicted octanol–water partition coefficient (Wildman–Crippen LogP) is 4.80. The molecule has 0 unspecified atom stereocenters. The van der Waals surface area contributed by atoms with Gasteiger partial charge >= 0.3 is 5.97 Å². The minimum absolute atomic E-state index is 0. The van der Waals surface area contributed by atoms with Gasteiger partial charge < -0.3 is 4.74 Å². The van der Waals surface area contributed by atoms with Crippen LogP contribution in [0.5, 0.6) is 0 Å². The van der Waals surface area contributed by atoms with Crippen LogP contribution < -0.4 is 15.9 Å². The Balaban J connectivity index is 0.00000261. The third-order valence-corrected chi connectivity index (χ3v) is 6.80. The van der Waals surface area contributed by atoms with Gasteiger partial charge in [0.25, 0.3) is 0 Å². The fourth-order valence-electron chi connectivity index (χ4n) is 3.14. The van der Waals surface area contributed by atoms with E-state index in [1.807, 2.05) is 31.2 Å². The van der Waals surface area contributed by atoms with Gasteiger partial charge in [-0.15, -0.1) is 24.0 Å². The lowest BCUT2D eigenvalue weighted by atomic mass is 10.1. The van der Waals surface area contributed by atoms with Gasteiger partial charge in [0.05, 0.1) is 12.2 Å². The van der Waals surface area contributed by atoms with Crippen LogP contribution >= 0.6 is 31.9 Å². The molecule has 0 fully saturated rings. The van der Waals surface area contributed by atoms with E-state index >= 15 is 0 Å². The first kappa shape index (κ1) is 21.6. The van der Waals surface area contributed by atoms with Crippen LogP contribution in [0, 0.1) is 0 Å². The Labute approximate surface area is 179 Å². The summed E-state index contributed by atoms with van der Waals surface area (Å²) in [5, 5.41) is 3.79. The lowest BCUT2D eigenvalue weighted by Crippen LogP contribution is -2.25. The molecule has 3 aromatic carbocycles. The van der Waals surface area contributed by atoms with E-state index in [0.29, 0.717) is 12.2 Å². The smallest absolute Gasteiger partial charge is 0.338 e. The van der Waals surface area contributed by atoms with Crippen molar-refractivity contribution in [2.45, 2.75) is 20.3 Å². The molecular weight excluding hydrogens is 466 g/mol. The molecule has 3 rings (SSSR count). The number of halogens is 1. The molecule has 0 amide bonds. The van der Waals surface area contributed by atoms with E-state index in [0.717, 1.165) is 12.0 Å². The summed E-state index contributed by atoms with van der Waals surface area (Å²) in [6, 6.07) is 27.1. The van der Waals surface area contributed by atoms with Crippen LogP contribution in [0.3, 0.4) is 0 Å². The van der Waals surface area contributed by atoms with Crippen molar-refractivity contribution in [3.05, 3.63) is 90.0 Å². The zero-order chi connectivity index (χ0) is 18.4. The molecule has 0 spiro atoms. The van der Waals surface area contributed by atoms with Gasteiger partial charge in [0, 0.05) is 0 Å². The molecular formula is C23H24IO2P. The van der Waals surface area contributed by atoms with Crippen LogP contribution in [-0.4, -0.2) is 12.6 Å². The lowest BCUT2D eigenvalue weighted by Gasteiger charge is -2.23. The summed E-state index contributed by atoms with van der Waals surface area (Å²) in [4.78, 5) is 12.5. The van der Waals surface area contributed by atoms with Crippen LogP contribution in [0.15, 0.2) is 78.9 Å². The fourth-order valence-corrected chi connectivity index (χ4v) is 5.72. The van der Waals surface area contributed by atoms with Gasteiger partial charge in [-0.2, -0.15) is 0 Å². The molecule has 0 aliphatic heterocycles. The first-order valence-electron chi connectivity index (χ1n) is 8.95. The van der Waals surface area contributed by atoms with Crippen LogP contribution in [0.2, 0.25) is 0 Å². The Bertz CT molecular complexity index is 827. The fraction of sp³-hybridized carbons (Fsp3) is 0.174. The van der Waals surface area contributed by atoms with E-state index in [1.165, 1.54) is 15.9 Å². The minimum Gasteiger partial charge on any atom is -0.462 e. The van der Waals surface area contributed by atoms with Crippen molar-refractivity contribution in [2.24, 2.45) is 0 Å². The van der Waals surface area contributed by atoms with Crippen LogP contribution in [-0.2, 0) is 11.2 Å². The van der Waals surface area contributed by atoms with Crippen LogP contribution in [0.25, 0.3) is 0 Å². The molecule has 0 bridgehead atoms. The van der Waals surface area contributed by atoms with E-state index < -0.39 is 7.92 Å². The summed E-state index contributed by atoms with van der Waals surface area (Å²) < 4.78 is 5.28. The average molecular weight is 490 g/mol. The van der Waals surface area contributed by atoms with Gasteiger partial charge in [0.1, 0.15) is 0 Å². The summed E-state index contributed by atoms with van der Waals surface area (Å²) >= 11 is 0. The van der Waals surface area contributed by atoms with Crippen molar-refractivity contribution in [3.63, 3.8) is 0 Å². The van der Waals surface area contributed by atoms with Crippen LogP contribution in [0.4, 0.5) is 0 Å². The number of carbonyl (C=O) groups is 1. The molecule has 0 N–H and O–H groups in total. The molecule has 0 saturated carbocycles. The molecule has 0 radical (unpaired) electrons. The quantitative estimate of drug-likeness (QED) is 0.282. The molecule has 140 valence electrons. The predicted molar refractivity (Wildman–Crippen MR) is 126 cm³/mol. The van der Waals surface area contributed by atoms with Gasteiger partial charge in [-0.05, 0) is 48.8 Å². The zero-order valence-corrected chi connectivity index (χ0v) is 18.8. The highest BCUT2D eigenvalue weighted by Gasteiger charge is 2.22. The zero-order valence-electron chi connectivity index (χ0n) is 15.6. The Morgan fingerprint density at radius 2 is 1.37 bits per heavy atom. The first-order valence-corrected chi connectivity index (χ1v) is 10.3. The van der Waals surface area contributed by atoms with Gasteiger partial charge in [0.2, 0.25) is 0 Å². The second-order valence-corrected chi connectivity index (χ2v) is 8.07. The topological polar surface area (TPSA) is 26.3 Å². The summed E-state index contributed by atoms with van der Waals surface area (Å²) in [5.74, 6) is -0.234. The normalized spacial score (nSPS) is 10.3. The van der Waals surface area contributed by atoms with E-state index in [2.05, 4.69) is 61.5 Å². The number of ether oxygens (including phenoxy) is 1. The number of hydrogen-bond donors (Lipinski definition) is 0. The molecule has 27 heavy (non-hydrogen) atoms. The van der Waals surface area contributed by atoms with Crippen molar-refractivity contribution in [1.29, 1.82) is 0 Å². The number of benzene rings is 3. The Morgan fingerprint density at radius 1 is 0.815 bits per heavy atom. The summed E-state index contributed by atoms with van der Waals surface area (Å²) in [5.41, 5.74) is 1.77. The average Bonchev–Trinajstić information content (AvgIpc) is 2.70. The van der Waals surface area contributed by atoms with Crippen molar-refractivity contribution in [3.8, 4) is 0 Å². The van der Waals surface area contributed by atoms with Crippen molar-refractivity contribution < 1.29 is 9.53 Å². The maximum atomic E-state index is 12.5. The largest absolute Gasteiger partial charge is 0.462 e. The molecule has 0 aromatic heterocycles. The number of hydrogen-bond acceptors (Lipinski definition) is 2.